The van der Waals surface area contributed by atoms with Gasteiger partial charge in [-0.1, -0.05) is 12.1 Å². The molecule has 0 atom stereocenters. The van der Waals surface area contributed by atoms with Gasteiger partial charge in [0.05, 0.1) is 18.7 Å². The maximum Gasteiger partial charge on any atom is 0.338 e. The smallest absolute Gasteiger partial charge is 0.338 e. The number of nitriles is 1. The van der Waals surface area contributed by atoms with E-state index in [2.05, 4.69) is 10.8 Å². The predicted octanol–water partition coefficient (Wildman–Crippen LogP) is 2.67. The maximum absolute atomic E-state index is 11.5. The normalized spacial score (nSPS) is 9.56. The Bertz CT molecular complexity index is 424. The first kappa shape index (κ1) is 12.5. The molecule has 0 N–H and O–H groups in total. The number of hydrogen-bond acceptors (Lipinski definition) is 3. The van der Waals surface area contributed by atoms with E-state index < -0.39 is 5.97 Å². The van der Waals surface area contributed by atoms with E-state index in [1.807, 2.05) is 6.07 Å². The van der Waals surface area contributed by atoms with Crippen LogP contribution in [0.1, 0.15) is 27.9 Å². The Morgan fingerprint density at radius 1 is 1.56 bits per heavy atom. The fraction of sp³-hybridized carbons (Fsp3) is 0.333. The molecule has 0 aromatic heterocycles. The Balaban J connectivity index is 3.11. The second-order valence-corrected chi connectivity index (χ2v) is 3.49. The zero-order valence-electron chi connectivity index (χ0n) is 9.00. The number of rotatable bonds is 4. The van der Waals surface area contributed by atoms with Gasteiger partial charge in [0.25, 0.3) is 0 Å². The van der Waals surface area contributed by atoms with Crippen molar-refractivity contribution >= 4 is 17.6 Å². The number of carbonyl (C=O) groups is 1. The summed E-state index contributed by atoms with van der Waals surface area (Å²) < 4.78 is 4.68. The number of nitrogens with zero attached hydrogens (tertiary/aromatic N) is 1. The number of halogens is 1. The Morgan fingerprint density at radius 2 is 2.31 bits per heavy atom. The second kappa shape index (κ2) is 6.14. The molecular weight excluding hydrogens is 226 g/mol. The van der Waals surface area contributed by atoms with Crippen LogP contribution in [0.25, 0.3) is 0 Å². The predicted molar refractivity (Wildman–Crippen MR) is 61.3 cm³/mol. The fourth-order valence-electron chi connectivity index (χ4n) is 1.52. The van der Waals surface area contributed by atoms with Crippen LogP contribution >= 0.6 is 11.6 Å². The molecule has 0 saturated carbocycles. The van der Waals surface area contributed by atoms with E-state index in [9.17, 15) is 4.79 Å². The van der Waals surface area contributed by atoms with Gasteiger partial charge in [-0.2, -0.15) is 5.26 Å². The first-order valence-electron chi connectivity index (χ1n) is 4.86. The van der Waals surface area contributed by atoms with Crippen LogP contribution in [-0.4, -0.2) is 13.1 Å². The van der Waals surface area contributed by atoms with E-state index in [4.69, 9.17) is 16.9 Å². The molecule has 0 radical (unpaired) electrons. The minimum absolute atomic E-state index is 0.242. The van der Waals surface area contributed by atoms with Gasteiger partial charge in [0.15, 0.2) is 0 Å². The number of alkyl halides is 1. The lowest BCUT2D eigenvalue weighted by molar-refractivity contribution is 0.0599. The summed E-state index contributed by atoms with van der Waals surface area (Å²) >= 11 is 5.83. The number of carbonyl (C=O) groups excluding carboxylic acids is 1. The van der Waals surface area contributed by atoms with E-state index in [1.165, 1.54) is 7.11 Å². The van der Waals surface area contributed by atoms with Crippen LogP contribution in [-0.2, 0) is 17.0 Å². The van der Waals surface area contributed by atoms with Gasteiger partial charge < -0.3 is 4.74 Å². The third-order valence-electron chi connectivity index (χ3n) is 2.32. The Kier molecular flexibility index (Phi) is 4.81. The van der Waals surface area contributed by atoms with E-state index in [0.717, 1.165) is 11.1 Å². The molecule has 0 unspecified atom stereocenters. The summed E-state index contributed by atoms with van der Waals surface area (Å²) in [5, 5.41) is 8.54. The standard InChI is InChI=1S/C12H12ClNO2/c1-16-12(15)10-6-2-4-9(5-3-7-14)11(10)8-13/h2,4,6H,3,5,8H2,1H3. The van der Waals surface area contributed by atoms with Crippen LogP contribution in [0.2, 0.25) is 0 Å². The molecule has 0 aliphatic carbocycles. The van der Waals surface area contributed by atoms with Gasteiger partial charge in [-0.25, -0.2) is 4.79 Å². The molecular formula is C12H12ClNO2. The SMILES string of the molecule is COC(=O)c1cccc(CCC#N)c1CCl. The molecule has 84 valence electrons. The highest BCUT2D eigenvalue weighted by molar-refractivity contribution is 6.17. The number of methoxy groups -OCH3 is 1. The van der Waals surface area contributed by atoms with Gasteiger partial charge in [-0.3, -0.25) is 0 Å². The molecule has 0 amide bonds. The van der Waals surface area contributed by atoms with Crippen molar-refractivity contribution in [1.29, 1.82) is 5.26 Å². The Labute approximate surface area is 99.6 Å². The van der Waals surface area contributed by atoms with E-state index in [-0.39, 0.29) is 5.88 Å². The van der Waals surface area contributed by atoms with Crippen LogP contribution in [0.5, 0.6) is 0 Å². The molecule has 3 nitrogen and oxygen atoms in total. The van der Waals surface area contributed by atoms with Crippen LogP contribution in [0.15, 0.2) is 18.2 Å². The minimum Gasteiger partial charge on any atom is -0.465 e. The van der Waals surface area contributed by atoms with Crippen molar-refractivity contribution in [3.63, 3.8) is 0 Å². The molecule has 0 fully saturated rings. The molecule has 4 heteroatoms. The molecule has 1 aromatic rings. The molecule has 1 aromatic carbocycles. The zero-order chi connectivity index (χ0) is 12.0. The monoisotopic (exact) mass is 237 g/mol. The summed E-state index contributed by atoms with van der Waals surface area (Å²) in [5.41, 5.74) is 2.17. The average molecular weight is 238 g/mol. The molecule has 0 saturated heterocycles. The molecule has 0 bridgehead atoms. The summed E-state index contributed by atoms with van der Waals surface area (Å²) in [7, 11) is 1.34. The van der Waals surface area contributed by atoms with Gasteiger partial charge in [-0.05, 0) is 23.6 Å². The molecule has 0 aliphatic heterocycles. The van der Waals surface area contributed by atoms with Crippen molar-refractivity contribution in [3.05, 3.63) is 34.9 Å². The van der Waals surface area contributed by atoms with E-state index in [1.54, 1.807) is 12.1 Å². The van der Waals surface area contributed by atoms with Crippen molar-refractivity contribution in [2.24, 2.45) is 0 Å². The number of hydrogen-bond donors (Lipinski definition) is 0. The quantitative estimate of drug-likeness (QED) is 0.598. The lowest BCUT2D eigenvalue weighted by Gasteiger charge is -2.10. The highest BCUT2D eigenvalue weighted by atomic mass is 35.5. The second-order valence-electron chi connectivity index (χ2n) is 3.23. The first-order valence-corrected chi connectivity index (χ1v) is 5.40. The topological polar surface area (TPSA) is 50.1 Å². The third kappa shape index (κ3) is 2.74. The Morgan fingerprint density at radius 3 is 2.88 bits per heavy atom. The van der Waals surface area contributed by atoms with Crippen molar-refractivity contribution in [1.82, 2.24) is 0 Å². The molecule has 16 heavy (non-hydrogen) atoms. The number of ether oxygens (including phenoxy) is 1. The van der Waals surface area contributed by atoms with Gasteiger partial charge in [0.2, 0.25) is 0 Å². The number of aryl methyl sites for hydroxylation is 1. The van der Waals surface area contributed by atoms with Crippen molar-refractivity contribution < 1.29 is 9.53 Å². The minimum atomic E-state index is -0.394. The number of esters is 1. The van der Waals surface area contributed by atoms with Gasteiger partial charge in [-0.15, -0.1) is 11.6 Å². The Hall–Kier alpha value is -1.53. The average Bonchev–Trinajstić information content (AvgIpc) is 2.34. The van der Waals surface area contributed by atoms with E-state index >= 15 is 0 Å². The van der Waals surface area contributed by atoms with Gasteiger partial charge >= 0.3 is 5.97 Å². The lowest BCUT2D eigenvalue weighted by atomic mass is 9.99. The molecule has 0 heterocycles. The van der Waals surface area contributed by atoms with Crippen molar-refractivity contribution in [3.8, 4) is 6.07 Å². The summed E-state index contributed by atoms with van der Waals surface area (Å²) in [4.78, 5) is 11.5. The summed E-state index contributed by atoms with van der Waals surface area (Å²) in [5.74, 6) is -0.152. The largest absolute Gasteiger partial charge is 0.465 e. The van der Waals surface area contributed by atoms with Crippen LogP contribution in [0, 0.1) is 11.3 Å². The van der Waals surface area contributed by atoms with E-state index in [0.29, 0.717) is 18.4 Å². The highest BCUT2D eigenvalue weighted by Crippen LogP contribution is 2.19. The van der Waals surface area contributed by atoms with Crippen LogP contribution < -0.4 is 0 Å². The molecule has 0 spiro atoms. The molecule has 1 rings (SSSR count). The van der Waals surface area contributed by atoms with Gasteiger partial charge in [0, 0.05) is 12.3 Å². The van der Waals surface area contributed by atoms with Crippen LogP contribution in [0.4, 0.5) is 0 Å². The van der Waals surface area contributed by atoms with Crippen LogP contribution in [0.3, 0.4) is 0 Å². The van der Waals surface area contributed by atoms with Crippen molar-refractivity contribution in [2.45, 2.75) is 18.7 Å². The summed E-state index contributed by atoms with van der Waals surface area (Å²) in [6.45, 7) is 0. The zero-order valence-corrected chi connectivity index (χ0v) is 9.75. The summed E-state index contributed by atoms with van der Waals surface area (Å²) in [6.07, 6.45) is 1.01. The maximum atomic E-state index is 11.5. The lowest BCUT2D eigenvalue weighted by Crippen LogP contribution is -2.07. The summed E-state index contributed by atoms with van der Waals surface area (Å²) in [6, 6.07) is 7.40. The highest BCUT2D eigenvalue weighted by Gasteiger charge is 2.13. The number of benzene rings is 1. The first-order chi connectivity index (χ1) is 7.74. The molecule has 0 aliphatic rings. The van der Waals surface area contributed by atoms with Gasteiger partial charge in [0.1, 0.15) is 0 Å². The third-order valence-corrected chi connectivity index (χ3v) is 2.59. The fourth-order valence-corrected chi connectivity index (χ4v) is 1.83. The van der Waals surface area contributed by atoms with Crippen molar-refractivity contribution in [2.75, 3.05) is 7.11 Å².